The van der Waals surface area contributed by atoms with Crippen LogP contribution in [0.4, 0.5) is 15.9 Å². The molecule has 0 aliphatic heterocycles. The molecule has 1 N–H and O–H groups in total. The van der Waals surface area contributed by atoms with E-state index in [1.165, 1.54) is 22.7 Å². The van der Waals surface area contributed by atoms with Crippen molar-refractivity contribution in [2.45, 2.75) is 6.92 Å². The van der Waals surface area contributed by atoms with E-state index in [0.717, 1.165) is 5.56 Å². The van der Waals surface area contributed by atoms with Crippen molar-refractivity contribution in [2.24, 2.45) is 0 Å². The second-order valence-corrected chi connectivity index (χ2v) is 4.79. The number of aldehydes is 1. The molecule has 1 aromatic carbocycles. The zero-order chi connectivity index (χ0) is 15.7. The maximum Gasteiger partial charge on any atom is 0.270 e. The van der Waals surface area contributed by atoms with Crippen LogP contribution < -0.4 is 10.9 Å². The molecule has 0 spiro atoms. The minimum Gasteiger partial charge on any atom is -0.337 e. The number of nitrogens with zero attached hydrogens (tertiary/aromatic N) is 2. The molecule has 0 aliphatic carbocycles. The lowest BCUT2D eigenvalue weighted by Gasteiger charge is -2.11. The van der Waals surface area contributed by atoms with Crippen molar-refractivity contribution in [1.29, 1.82) is 0 Å². The van der Waals surface area contributed by atoms with Crippen molar-refractivity contribution in [3.8, 4) is 0 Å². The number of hydrogen-bond acceptors (Lipinski definition) is 4. The van der Waals surface area contributed by atoms with E-state index < -0.39 is 11.4 Å². The van der Waals surface area contributed by atoms with Crippen LogP contribution in [0.1, 0.15) is 15.9 Å². The second-order valence-electron chi connectivity index (χ2n) is 4.79. The minimum absolute atomic E-state index is 0.0411. The number of benzene rings is 1. The Balaban J connectivity index is 2.25. The third-order valence-electron chi connectivity index (χ3n) is 3.33. The van der Waals surface area contributed by atoms with Crippen LogP contribution in [0.2, 0.25) is 0 Å². The molecule has 5 nitrogen and oxygen atoms in total. The monoisotopic (exact) mass is 297 g/mol. The van der Waals surface area contributed by atoms with Gasteiger partial charge in [0.25, 0.3) is 5.56 Å². The molecule has 0 aliphatic rings. The van der Waals surface area contributed by atoms with Crippen LogP contribution in [0.5, 0.6) is 0 Å². The maximum absolute atomic E-state index is 13.7. The molecular formula is C16H12FN3O2. The highest BCUT2D eigenvalue weighted by Crippen LogP contribution is 2.20. The summed E-state index contributed by atoms with van der Waals surface area (Å²) in [5, 5.41) is 2.72. The molecule has 3 aromatic rings. The minimum atomic E-state index is -0.498. The van der Waals surface area contributed by atoms with Crippen LogP contribution in [0.15, 0.2) is 47.4 Å². The van der Waals surface area contributed by atoms with Gasteiger partial charge in [0.2, 0.25) is 0 Å². The number of fused-ring (bicyclic) bond motifs is 1. The summed E-state index contributed by atoms with van der Waals surface area (Å²) in [6.45, 7) is 1.80. The zero-order valence-corrected chi connectivity index (χ0v) is 11.7. The Bertz CT molecular complexity index is 934. The highest BCUT2D eigenvalue weighted by molar-refractivity contribution is 5.84. The van der Waals surface area contributed by atoms with Crippen molar-refractivity contribution in [2.75, 3.05) is 5.32 Å². The third-order valence-corrected chi connectivity index (χ3v) is 3.33. The first kappa shape index (κ1) is 13.9. The maximum atomic E-state index is 13.7. The van der Waals surface area contributed by atoms with Crippen LogP contribution in [-0.2, 0) is 0 Å². The molecule has 0 atom stereocenters. The predicted molar refractivity (Wildman–Crippen MR) is 81.3 cm³/mol. The average molecular weight is 297 g/mol. The molecular weight excluding hydrogens is 285 g/mol. The molecule has 0 radical (unpaired) electrons. The number of para-hydroxylation sites is 1. The first-order chi connectivity index (χ1) is 10.6. The van der Waals surface area contributed by atoms with E-state index in [1.54, 1.807) is 31.2 Å². The summed E-state index contributed by atoms with van der Waals surface area (Å²) < 4.78 is 15.0. The lowest BCUT2D eigenvalue weighted by molar-refractivity contribution is 0.112. The number of rotatable bonds is 3. The van der Waals surface area contributed by atoms with Gasteiger partial charge in [0.05, 0.1) is 5.69 Å². The molecule has 22 heavy (non-hydrogen) atoms. The highest BCUT2D eigenvalue weighted by atomic mass is 19.1. The van der Waals surface area contributed by atoms with Crippen LogP contribution in [0.25, 0.3) is 5.65 Å². The Labute approximate surface area is 125 Å². The largest absolute Gasteiger partial charge is 0.337 e. The van der Waals surface area contributed by atoms with E-state index >= 15 is 0 Å². The fraction of sp³-hybridized carbons (Fsp3) is 0.0625. The standard InChI is InChI=1S/C16H12FN3O2/c1-10-5-4-8-20-15(10)19-14(11(9-21)16(20)22)18-13-7-3-2-6-12(13)17/h2-9,18H,1H3. The predicted octanol–water partition coefficient (Wildman–Crippen LogP) is 2.70. The van der Waals surface area contributed by atoms with Gasteiger partial charge >= 0.3 is 0 Å². The van der Waals surface area contributed by atoms with E-state index in [4.69, 9.17) is 0 Å². The number of halogens is 1. The number of aryl methyl sites for hydroxylation is 1. The Morgan fingerprint density at radius 1 is 1.23 bits per heavy atom. The molecule has 2 aromatic heterocycles. The van der Waals surface area contributed by atoms with Gasteiger partial charge in [0.15, 0.2) is 6.29 Å². The SMILES string of the molecule is Cc1cccn2c(=O)c(C=O)c(Nc3ccccc3F)nc12. The number of carbonyl (C=O) groups is 1. The molecule has 2 heterocycles. The number of pyridine rings is 1. The second kappa shape index (κ2) is 5.40. The molecule has 0 unspecified atom stereocenters. The van der Waals surface area contributed by atoms with Gasteiger partial charge in [-0.2, -0.15) is 0 Å². The molecule has 0 bridgehead atoms. The van der Waals surface area contributed by atoms with Crippen molar-refractivity contribution in [3.63, 3.8) is 0 Å². The van der Waals surface area contributed by atoms with Gasteiger partial charge in [-0.1, -0.05) is 18.2 Å². The Kier molecular flexibility index (Phi) is 3.42. The summed E-state index contributed by atoms with van der Waals surface area (Å²) in [5.41, 5.74) is 0.690. The smallest absolute Gasteiger partial charge is 0.270 e. The summed E-state index contributed by atoms with van der Waals surface area (Å²) in [6.07, 6.45) is 1.96. The fourth-order valence-corrected chi connectivity index (χ4v) is 2.20. The summed E-state index contributed by atoms with van der Waals surface area (Å²) in [4.78, 5) is 27.9. The Morgan fingerprint density at radius 2 is 2.00 bits per heavy atom. The van der Waals surface area contributed by atoms with Crippen molar-refractivity contribution in [1.82, 2.24) is 9.38 Å². The van der Waals surface area contributed by atoms with Crippen LogP contribution in [0, 0.1) is 12.7 Å². The van der Waals surface area contributed by atoms with E-state index in [0.29, 0.717) is 11.9 Å². The van der Waals surface area contributed by atoms with Crippen LogP contribution in [0.3, 0.4) is 0 Å². The third kappa shape index (κ3) is 2.24. The Hall–Kier alpha value is -3.02. The summed E-state index contributed by atoms with van der Waals surface area (Å²) >= 11 is 0. The fourth-order valence-electron chi connectivity index (χ4n) is 2.20. The van der Waals surface area contributed by atoms with Crippen molar-refractivity contribution >= 4 is 23.4 Å². The molecule has 0 amide bonds. The van der Waals surface area contributed by atoms with Crippen molar-refractivity contribution in [3.05, 3.63) is 69.9 Å². The number of anilines is 2. The topological polar surface area (TPSA) is 63.5 Å². The van der Waals surface area contributed by atoms with Crippen LogP contribution in [-0.4, -0.2) is 15.7 Å². The zero-order valence-electron chi connectivity index (χ0n) is 11.7. The van der Waals surface area contributed by atoms with Gasteiger partial charge in [0.1, 0.15) is 22.8 Å². The Morgan fingerprint density at radius 3 is 2.73 bits per heavy atom. The van der Waals surface area contributed by atoms with E-state index in [1.807, 2.05) is 0 Å². The van der Waals surface area contributed by atoms with Gasteiger partial charge in [-0.05, 0) is 30.7 Å². The molecule has 3 rings (SSSR count). The molecule has 0 saturated heterocycles. The molecule has 110 valence electrons. The van der Waals surface area contributed by atoms with Crippen molar-refractivity contribution < 1.29 is 9.18 Å². The molecule has 6 heteroatoms. The molecule has 0 fully saturated rings. The average Bonchev–Trinajstić information content (AvgIpc) is 2.51. The summed E-state index contributed by atoms with van der Waals surface area (Å²) in [6, 6.07) is 9.48. The van der Waals surface area contributed by atoms with Gasteiger partial charge in [-0.15, -0.1) is 0 Å². The molecule has 0 saturated carbocycles. The summed E-state index contributed by atoms with van der Waals surface area (Å²) in [5.74, 6) is -0.453. The number of aromatic nitrogens is 2. The van der Waals surface area contributed by atoms with Gasteiger partial charge in [-0.25, -0.2) is 9.37 Å². The number of nitrogens with one attached hydrogen (secondary N) is 1. The lowest BCUT2D eigenvalue weighted by atomic mass is 10.2. The van der Waals surface area contributed by atoms with E-state index in [2.05, 4.69) is 10.3 Å². The summed E-state index contributed by atoms with van der Waals surface area (Å²) in [7, 11) is 0. The first-order valence-electron chi connectivity index (χ1n) is 6.60. The van der Waals surface area contributed by atoms with E-state index in [-0.39, 0.29) is 17.1 Å². The number of carbonyl (C=O) groups excluding carboxylic acids is 1. The lowest BCUT2D eigenvalue weighted by Crippen LogP contribution is -2.22. The quantitative estimate of drug-likeness (QED) is 0.755. The first-order valence-corrected chi connectivity index (χ1v) is 6.60. The normalized spacial score (nSPS) is 10.6. The number of hydrogen-bond donors (Lipinski definition) is 1. The van der Waals surface area contributed by atoms with Gasteiger partial charge in [0, 0.05) is 6.20 Å². The van der Waals surface area contributed by atoms with E-state index in [9.17, 15) is 14.0 Å². The van der Waals surface area contributed by atoms with Gasteiger partial charge in [-0.3, -0.25) is 14.0 Å². The highest BCUT2D eigenvalue weighted by Gasteiger charge is 2.14. The van der Waals surface area contributed by atoms with Crippen LogP contribution >= 0.6 is 0 Å². The van der Waals surface area contributed by atoms with Gasteiger partial charge < -0.3 is 5.32 Å².